The number of amides is 1. The number of nitrogens with zero attached hydrogens (tertiary/aromatic N) is 5. The number of halogens is 1. The molecule has 0 aliphatic carbocycles. The lowest BCUT2D eigenvalue weighted by Crippen LogP contribution is -2.45. The number of hydrogen-bond donors (Lipinski definition) is 2. The summed E-state index contributed by atoms with van der Waals surface area (Å²) < 4.78 is 15.2. The maximum atomic E-state index is 13.6. The standard InChI is InChI=1S/C18H20FN7O/c19-12-3-4-17-22-8-14(26(17)9-12)18-21-6-5-16(24-18)23-13-2-1-7-25(10-13)11-15(20)27/h3-6,8-9,13H,1-2,7,10-11H2,(H2,20,27)(H,21,23,24)/t13-/m1/s1. The van der Waals surface area contributed by atoms with Crippen molar-refractivity contribution in [3.05, 3.63) is 42.6 Å². The molecule has 4 rings (SSSR count). The number of rotatable bonds is 5. The van der Waals surface area contributed by atoms with Crippen LogP contribution in [-0.4, -0.2) is 55.8 Å². The van der Waals surface area contributed by atoms with Gasteiger partial charge in [0, 0.05) is 25.0 Å². The number of pyridine rings is 1. The Labute approximate surface area is 155 Å². The molecule has 0 aromatic carbocycles. The summed E-state index contributed by atoms with van der Waals surface area (Å²) in [4.78, 5) is 26.3. The zero-order valence-corrected chi connectivity index (χ0v) is 14.7. The second-order valence-electron chi connectivity index (χ2n) is 6.67. The first kappa shape index (κ1) is 17.3. The molecule has 3 aromatic rings. The van der Waals surface area contributed by atoms with Gasteiger partial charge in [-0.1, -0.05) is 0 Å². The fourth-order valence-corrected chi connectivity index (χ4v) is 3.43. The average molecular weight is 369 g/mol. The van der Waals surface area contributed by atoms with Gasteiger partial charge in [-0.05, 0) is 37.6 Å². The smallest absolute Gasteiger partial charge is 0.231 e. The number of imidazole rings is 1. The van der Waals surface area contributed by atoms with Gasteiger partial charge in [-0.3, -0.25) is 14.1 Å². The van der Waals surface area contributed by atoms with Gasteiger partial charge in [-0.2, -0.15) is 0 Å². The summed E-state index contributed by atoms with van der Waals surface area (Å²) in [6, 6.07) is 4.93. The maximum Gasteiger partial charge on any atom is 0.231 e. The van der Waals surface area contributed by atoms with Crippen LogP contribution in [0.25, 0.3) is 17.2 Å². The predicted molar refractivity (Wildman–Crippen MR) is 98.5 cm³/mol. The molecule has 8 nitrogen and oxygen atoms in total. The molecule has 1 saturated heterocycles. The van der Waals surface area contributed by atoms with Gasteiger partial charge in [0.25, 0.3) is 0 Å². The van der Waals surface area contributed by atoms with Crippen LogP contribution in [0.15, 0.2) is 36.8 Å². The van der Waals surface area contributed by atoms with Crippen molar-refractivity contribution < 1.29 is 9.18 Å². The molecule has 1 amide bonds. The average Bonchev–Trinajstić information content (AvgIpc) is 3.05. The van der Waals surface area contributed by atoms with Crippen molar-refractivity contribution in [1.82, 2.24) is 24.3 Å². The Morgan fingerprint density at radius 1 is 1.33 bits per heavy atom. The normalized spacial score (nSPS) is 17.9. The van der Waals surface area contributed by atoms with Crippen molar-refractivity contribution in [1.29, 1.82) is 0 Å². The maximum absolute atomic E-state index is 13.6. The fourth-order valence-electron chi connectivity index (χ4n) is 3.43. The molecule has 0 spiro atoms. The molecule has 4 heterocycles. The van der Waals surface area contributed by atoms with Gasteiger partial charge in [-0.15, -0.1) is 0 Å². The first-order valence-corrected chi connectivity index (χ1v) is 8.82. The summed E-state index contributed by atoms with van der Waals surface area (Å²) in [6.07, 6.45) is 6.62. The number of nitrogens with two attached hydrogens (primary N) is 1. The van der Waals surface area contributed by atoms with Crippen LogP contribution in [0.1, 0.15) is 12.8 Å². The number of nitrogens with one attached hydrogen (secondary N) is 1. The summed E-state index contributed by atoms with van der Waals surface area (Å²) in [5.74, 6) is 0.466. The van der Waals surface area contributed by atoms with E-state index in [1.165, 1.54) is 12.3 Å². The monoisotopic (exact) mass is 369 g/mol. The van der Waals surface area contributed by atoms with Gasteiger partial charge in [0.2, 0.25) is 5.91 Å². The SMILES string of the molecule is NC(=O)CN1CCC[C@@H](Nc2ccnc(-c3cnc4ccc(F)cn34)n2)C1. The largest absolute Gasteiger partial charge is 0.369 e. The lowest BCUT2D eigenvalue weighted by molar-refractivity contribution is -0.119. The molecular formula is C18H20FN7O. The number of piperidine rings is 1. The molecule has 0 unspecified atom stereocenters. The van der Waals surface area contributed by atoms with Gasteiger partial charge in [0.05, 0.1) is 12.7 Å². The minimum absolute atomic E-state index is 0.167. The lowest BCUT2D eigenvalue weighted by Gasteiger charge is -2.32. The molecule has 0 bridgehead atoms. The molecule has 3 N–H and O–H groups in total. The Balaban J connectivity index is 1.54. The summed E-state index contributed by atoms with van der Waals surface area (Å²) in [6.45, 7) is 1.85. The van der Waals surface area contributed by atoms with Crippen LogP contribution >= 0.6 is 0 Å². The van der Waals surface area contributed by atoms with E-state index in [1.807, 2.05) is 4.90 Å². The highest BCUT2D eigenvalue weighted by Crippen LogP contribution is 2.20. The number of anilines is 1. The van der Waals surface area contributed by atoms with Gasteiger partial charge < -0.3 is 11.1 Å². The molecule has 3 aromatic heterocycles. The number of hydrogen-bond acceptors (Lipinski definition) is 6. The Hall–Kier alpha value is -3.07. The summed E-state index contributed by atoms with van der Waals surface area (Å²) >= 11 is 0. The van der Waals surface area contributed by atoms with Gasteiger partial charge in [0.1, 0.15) is 23.0 Å². The molecular weight excluding hydrogens is 349 g/mol. The molecule has 9 heteroatoms. The number of primary amides is 1. The molecule has 140 valence electrons. The fraction of sp³-hybridized carbons (Fsp3) is 0.333. The van der Waals surface area contributed by atoms with Crippen LogP contribution in [0.3, 0.4) is 0 Å². The molecule has 1 aliphatic rings. The van der Waals surface area contributed by atoms with E-state index in [9.17, 15) is 9.18 Å². The highest BCUT2D eigenvalue weighted by atomic mass is 19.1. The van der Waals surface area contributed by atoms with Crippen LogP contribution < -0.4 is 11.1 Å². The number of likely N-dealkylation sites (tertiary alicyclic amines) is 1. The molecule has 1 atom stereocenters. The lowest BCUT2D eigenvalue weighted by atomic mass is 10.1. The topological polar surface area (TPSA) is 101 Å². The zero-order chi connectivity index (χ0) is 18.8. The molecule has 1 aliphatic heterocycles. The van der Waals surface area contributed by atoms with Crippen molar-refractivity contribution in [2.45, 2.75) is 18.9 Å². The van der Waals surface area contributed by atoms with E-state index in [2.05, 4.69) is 20.3 Å². The Morgan fingerprint density at radius 2 is 2.22 bits per heavy atom. The summed E-state index contributed by atoms with van der Waals surface area (Å²) in [5.41, 5.74) is 6.54. The molecule has 0 saturated carbocycles. The third-order valence-corrected chi connectivity index (χ3v) is 4.59. The van der Waals surface area contributed by atoms with E-state index in [1.54, 1.807) is 28.9 Å². The Bertz CT molecular complexity index is 973. The number of carbonyl (C=O) groups excluding carboxylic acids is 1. The second-order valence-corrected chi connectivity index (χ2v) is 6.67. The van der Waals surface area contributed by atoms with Crippen LogP contribution in [0.2, 0.25) is 0 Å². The molecule has 1 fully saturated rings. The minimum atomic E-state index is -0.354. The van der Waals surface area contributed by atoms with Gasteiger partial charge in [0.15, 0.2) is 5.82 Å². The van der Waals surface area contributed by atoms with Gasteiger partial charge >= 0.3 is 0 Å². The van der Waals surface area contributed by atoms with Crippen LogP contribution in [-0.2, 0) is 4.79 Å². The molecule has 0 radical (unpaired) electrons. The van der Waals surface area contributed by atoms with Crippen molar-refractivity contribution in [2.75, 3.05) is 25.0 Å². The van der Waals surface area contributed by atoms with E-state index in [-0.39, 0.29) is 24.3 Å². The second kappa shape index (κ2) is 7.28. The van der Waals surface area contributed by atoms with E-state index in [0.717, 1.165) is 25.9 Å². The molecule has 27 heavy (non-hydrogen) atoms. The highest BCUT2D eigenvalue weighted by molar-refractivity contribution is 5.75. The number of aromatic nitrogens is 4. The van der Waals surface area contributed by atoms with Crippen LogP contribution in [0.4, 0.5) is 10.2 Å². The number of carbonyl (C=O) groups is 1. The van der Waals surface area contributed by atoms with Crippen molar-refractivity contribution in [2.24, 2.45) is 5.73 Å². The van der Waals surface area contributed by atoms with E-state index >= 15 is 0 Å². The van der Waals surface area contributed by atoms with E-state index < -0.39 is 0 Å². The van der Waals surface area contributed by atoms with E-state index in [0.29, 0.717) is 23.0 Å². The summed E-state index contributed by atoms with van der Waals surface area (Å²) in [5, 5.41) is 3.40. The minimum Gasteiger partial charge on any atom is -0.369 e. The third-order valence-electron chi connectivity index (χ3n) is 4.59. The van der Waals surface area contributed by atoms with Crippen LogP contribution in [0, 0.1) is 5.82 Å². The zero-order valence-electron chi connectivity index (χ0n) is 14.7. The first-order chi connectivity index (χ1) is 13.1. The van der Waals surface area contributed by atoms with Crippen molar-refractivity contribution >= 4 is 17.4 Å². The number of fused-ring (bicyclic) bond motifs is 1. The Kier molecular flexibility index (Phi) is 4.68. The van der Waals surface area contributed by atoms with Crippen LogP contribution in [0.5, 0.6) is 0 Å². The summed E-state index contributed by atoms with van der Waals surface area (Å²) in [7, 11) is 0. The Morgan fingerprint density at radius 3 is 3.07 bits per heavy atom. The van der Waals surface area contributed by atoms with Crippen molar-refractivity contribution in [3.8, 4) is 11.5 Å². The predicted octanol–water partition coefficient (Wildman–Crippen LogP) is 1.29. The first-order valence-electron chi connectivity index (χ1n) is 8.82. The van der Waals surface area contributed by atoms with Gasteiger partial charge in [-0.25, -0.2) is 19.3 Å². The van der Waals surface area contributed by atoms with Crippen molar-refractivity contribution in [3.63, 3.8) is 0 Å². The quantitative estimate of drug-likeness (QED) is 0.703. The highest BCUT2D eigenvalue weighted by Gasteiger charge is 2.21. The third kappa shape index (κ3) is 3.87. The van der Waals surface area contributed by atoms with E-state index in [4.69, 9.17) is 5.73 Å².